The summed E-state index contributed by atoms with van der Waals surface area (Å²) in [4.78, 5) is 31.7. The molecule has 1 amide bonds. The van der Waals surface area contributed by atoms with Crippen LogP contribution in [-0.4, -0.2) is 39.8 Å². The normalized spacial score (nSPS) is 11.4. The molecule has 44 heavy (non-hydrogen) atoms. The second kappa shape index (κ2) is 14.1. The lowest BCUT2D eigenvalue weighted by molar-refractivity contribution is -0.138. The van der Waals surface area contributed by atoms with Crippen LogP contribution in [0.15, 0.2) is 65.2 Å². The lowest BCUT2D eigenvalue weighted by atomic mass is 10.0. The van der Waals surface area contributed by atoms with Gasteiger partial charge in [-0.15, -0.1) is 0 Å². The zero-order chi connectivity index (χ0) is 31.9. The van der Waals surface area contributed by atoms with Crippen LogP contribution >= 0.6 is 0 Å². The Morgan fingerprint density at radius 2 is 1.73 bits per heavy atom. The number of benzene rings is 2. The number of aryl methyl sites for hydroxylation is 2. The molecule has 2 heterocycles. The van der Waals surface area contributed by atoms with Crippen LogP contribution < -0.4 is 10.1 Å². The number of hydrogen-bond donors (Lipinski definition) is 2. The molecule has 2 aromatic heterocycles. The number of pyridine rings is 1. The molecule has 2 N–H and O–H groups in total. The number of alkyl halides is 3. The molecule has 0 spiro atoms. The number of carbonyl (C=O) groups is 2. The summed E-state index contributed by atoms with van der Waals surface area (Å²) >= 11 is 0. The third-order valence-corrected chi connectivity index (χ3v) is 6.57. The maximum atomic E-state index is 13.1. The first kappa shape index (κ1) is 32.1. The first-order chi connectivity index (χ1) is 20.9. The molecule has 0 fully saturated rings. The van der Waals surface area contributed by atoms with Gasteiger partial charge in [0.05, 0.1) is 29.7 Å². The maximum absolute atomic E-state index is 13.1. The van der Waals surface area contributed by atoms with Gasteiger partial charge in [0.25, 0.3) is 0 Å². The number of carboxylic acids is 1. The van der Waals surface area contributed by atoms with E-state index in [1.54, 1.807) is 63.2 Å². The number of oxazole rings is 1. The van der Waals surface area contributed by atoms with Gasteiger partial charge < -0.3 is 24.3 Å². The Bertz CT molecular complexity index is 1600. The van der Waals surface area contributed by atoms with Crippen LogP contribution in [0, 0.1) is 6.92 Å². The Morgan fingerprint density at radius 1 is 1.00 bits per heavy atom. The number of carboxylic acid groups (broad SMARTS) is 1. The zero-order valence-corrected chi connectivity index (χ0v) is 24.4. The van der Waals surface area contributed by atoms with E-state index in [0.29, 0.717) is 52.6 Å². The van der Waals surface area contributed by atoms with E-state index in [4.69, 9.17) is 19.0 Å². The third-order valence-electron chi connectivity index (χ3n) is 6.57. The number of nitrogens with zero attached hydrogens (tertiary/aromatic N) is 2. The average molecular weight is 612 g/mol. The Labute approximate surface area is 252 Å². The van der Waals surface area contributed by atoms with E-state index in [1.165, 1.54) is 0 Å². The number of nitrogens with one attached hydrogen (secondary N) is 1. The number of carbonyl (C=O) groups excluding carboxylic acids is 1. The van der Waals surface area contributed by atoms with Gasteiger partial charge in [0.1, 0.15) is 11.5 Å². The number of ether oxygens (including phenoxy) is 2. The summed E-state index contributed by atoms with van der Waals surface area (Å²) in [5.74, 6) is 0.586. The largest absolute Gasteiger partial charge is 0.493 e. The highest BCUT2D eigenvalue weighted by molar-refractivity contribution is 5.68. The lowest BCUT2D eigenvalue weighted by Crippen LogP contribution is -2.26. The van der Waals surface area contributed by atoms with E-state index < -0.39 is 23.8 Å². The van der Waals surface area contributed by atoms with Crippen molar-refractivity contribution < 1.29 is 41.8 Å². The fraction of sp³-hybridized carbons (Fsp3) is 0.312. The summed E-state index contributed by atoms with van der Waals surface area (Å²) in [6.07, 6.45) is -3.51. The molecule has 9 nitrogen and oxygen atoms in total. The molecule has 0 radical (unpaired) electrons. The standard InChI is InChI=1S/C32H32F3N3O6/c1-19(2)43-31(41)37-18-24-16-26(10-8-21(24)9-11-29(39)40)42-15-13-27-20(3)44-30(38-27)23-6-4-22(5-7-23)28-17-25(12-14-36-28)32(33,34)35/h4-8,10,12,14,16-17,19H,9,11,13,15,18H2,1-3H3,(H,37,41)(H,39,40). The maximum Gasteiger partial charge on any atom is 0.416 e. The van der Waals surface area contributed by atoms with Crippen molar-refractivity contribution in [3.05, 3.63) is 88.9 Å². The van der Waals surface area contributed by atoms with Gasteiger partial charge in [0.15, 0.2) is 0 Å². The highest BCUT2D eigenvalue weighted by Gasteiger charge is 2.30. The molecule has 2 aromatic carbocycles. The van der Waals surface area contributed by atoms with Crippen molar-refractivity contribution in [2.45, 2.75) is 58.9 Å². The predicted octanol–water partition coefficient (Wildman–Crippen LogP) is 7.00. The van der Waals surface area contributed by atoms with Crippen LogP contribution in [0.4, 0.5) is 18.0 Å². The minimum atomic E-state index is -4.46. The number of rotatable bonds is 12. The number of hydrogen-bond acceptors (Lipinski definition) is 7. The molecular weight excluding hydrogens is 579 g/mol. The molecule has 0 atom stereocenters. The minimum Gasteiger partial charge on any atom is -0.493 e. The molecule has 0 unspecified atom stereocenters. The Hall–Kier alpha value is -4.87. The van der Waals surface area contributed by atoms with E-state index in [9.17, 15) is 22.8 Å². The first-order valence-corrected chi connectivity index (χ1v) is 13.9. The first-order valence-electron chi connectivity index (χ1n) is 13.9. The van der Waals surface area contributed by atoms with Crippen LogP contribution in [0.2, 0.25) is 0 Å². The quantitative estimate of drug-likeness (QED) is 0.175. The molecule has 0 bridgehead atoms. The van der Waals surface area contributed by atoms with Crippen molar-refractivity contribution in [3.8, 4) is 28.5 Å². The molecular formula is C32H32F3N3O6. The second-order valence-electron chi connectivity index (χ2n) is 10.3. The van der Waals surface area contributed by atoms with Gasteiger partial charge in [0.2, 0.25) is 5.89 Å². The fourth-order valence-electron chi connectivity index (χ4n) is 4.36. The zero-order valence-electron chi connectivity index (χ0n) is 24.4. The second-order valence-corrected chi connectivity index (χ2v) is 10.3. The topological polar surface area (TPSA) is 124 Å². The minimum absolute atomic E-state index is 0.0533. The third kappa shape index (κ3) is 8.82. The molecule has 0 aliphatic rings. The van der Waals surface area contributed by atoms with Gasteiger partial charge in [0, 0.05) is 36.7 Å². The molecule has 4 aromatic rings. The summed E-state index contributed by atoms with van der Waals surface area (Å²) in [6.45, 7) is 5.67. The number of aliphatic carboxylic acids is 1. The molecule has 0 aliphatic carbocycles. The van der Waals surface area contributed by atoms with Gasteiger partial charge in [-0.25, -0.2) is 9.78 Å². The highest BCUT2D eigenvalue weighted by Crippen LogP contribution is 2.32. The smallest absolute Gasteiger partial charge is 0.416 e. The molecule has 232 valence electrons. The average Bonchev–Trinajstić information content (AvgIpc) is 3.35. The molecule has 4 rings (SSSR count). The summed E-state index contributed by atoms with van der Waals surface area (Å²) in [6, 6.07) is 14.0. The van der Waals surface area contributed by atoms with Crippen LogP contribution in [0.3, 0.4) is 0 Å². The van der Waals surface area contributed by atoms with Crippen LogP contribution in [0.5, 0.6) is 5.75 Å². The van der Waals surface area contributed by atoms with Crippen LogP contribution in [0.25, 0.3) is 22.7 Å². The van der Waals surface area contributed by atoms with Gasteiger partial charge in [-0.3, -0.25) is 9.78 Å². The molecule has 0 saturated heterocycles. The molecule has 0 aliphatic heterocycles. The fourth-order valence-corrected chi connectivity index (χ4v) is 4.36. The number of alkyl carbamates (subject to hydrolysis) is 1. The highest BCUT2D eigenvalue weighted by atomic mass is 19.4. The monoisotopic (exact) mass is 611 g/mol. The molecule has 12 heteroatoms. The summed E-state index contributed by atoms with van der Waals surface area (Å²) in [5, 5.41) is 11.8. The summed E-state index contributed by atoms with van der Waals surface area (Å²) in [7, 11) is 0. The van der Waals surface area contributed by atoms with Crippen molar-refractivity contribution in [1.29, 1.82) is 0 Å². The molecule has 0 saturated carbocycles. The SMILES string of the molecule is Cc1oc(-c2ccc(-c3cc(C(F)(F)F)ccn3)cc2)nc1CCOc1ccc(CCC(=O)O)c(CNC(=O)OC(C)C)c1. The predicted molar refractivity (Wildman–Crippen MR) is 155 cm³/mol. The van der Waals surface area contributed by atoms with Crippen LogP contribution in [0.1, 0.15) is 48.4 Å². The lowest BCUT2D eigenvalue weighted by Gasteiger charge is -2.14. The van der Waals surface area contributed by atoms with E-state index in [2.05, 4.69) is 15.3 Å². The summed E-state index contributed by atoms with van der Waals surface area (Å²) in [5.41, 5.74) is 2.79. The van der Waals surface area contributed by atoms with Crippen molar-refractivity contribution in [2.75, 3.05) is 6.61 Å². The Morgan fingerprint density at radius 3 is 2.41 bits per heavy atom. The van der Waals surface area contributed by atoms with Crippen molar-refractivity contribution >= 4 is 12.1 Å². The van der Waals surface area contributed by atoms with E-state index in [0.717, 1.165) is 23.9 Å². The van der Waals surface area contributed by atoms with Crippen molar-refractivity contribution in [2.24, 2.45) is 0 Å². The van der Waals surface area contributed by atoms with E-state index in [-0.39, 0.29) is 31.4 Å². The van der Waals surface area contributed by atoms with E-state index in [1.807, 2.05) is 0 Å². The van der Waals surface area contributed by atoms with Gasteiger partial charge in [-0.1, -0.05) is 18.2 Å². The van der Waals surface area contributed by atoms with Gasteiger partial charge in [-0.2, -0.15) is 13.2 Å². The Balaban J connectivity index is 1.40. The number of aromatic nitrogens is 2. The van der Waals surface area contributed by atoms with Crippen molar-refractivity contribution in [3.63, 3.8) is 0 Å². The summed E-state index contributed by atoms with van der Waals surface area (Å²) < 4.78 is 56.1. The Kier molecular flexibility index (Phi) is 10.2. The van der Waals surface area contributed by atoms with Crippen molar-refractivity contribution in [1.82, 2.24) is 15.3 Å². The van der Waals surface area contributed by atoms with Crippen LogP contribution in [-0.2, 0) is 35.1 Å². The van der Waals surface area contributed by atoms with E-state index >= 15 is 0 Å². The van der Waals surface area contributed by atoms with Gasteiger partial charge in [-0.05, 0) is 74.7 Å². The number of amides is 1. The van der Waals surface area contributed by atoms with Gasteiger partial charge >= 0.3 is 18.2 Å². The number of halogens is 3.